The van der Waals surface area contributed by atoms with E-state index in [0.717, 1.165) is 16.5 Å². The minimum absolute atomic E-state index is 0.328. The van der Waals surface area contributed by atoms with Gasteiger partial charge in [0.1, 0.15) is 17.3 Å². The SMILES string of the molecule is O=c1cc2[nH]nc(Nc3nc(-c4ccccc4)nc4ccccc34)c2nn1-c1ccccc1Oc1ccccc1. The highest BCUT2D eigenvalue weighted by Crippen LogP contribution is 2.30. The number of nitrogens with zero attached hydrogens (tertiary/aromatic N) is 5. The van der Waals surface area contributed by atoms with Gasteiger partial charge in [0.2, 0.25) is 0 Å². The normalized spacial score (nSPS) is 11.1. The van der Waals surface area contributed by atoms with Crippen LogP contribution < -0.4 is 15.6 Å². The molecule has 192 valence electrons. The molecule has 7 rings (SSSR count). The summed E-state index contributed by atoms with van der Waals surface area (Å²) in [6.07, 6.45) is 0. The third-order valence-corrected chi connectivity index (χ3v) is 6.38. The molecule has 0 bridgehead atoms. The Morgan fingerprint density at radius 3 is 2.33 bits per heavy atom. The molecule has 0 aliphatic rings. The summed E-state index contributed by atoms with van der Waals surface area (Å²) in [5, 5.41) is 16.2. The number of benzene rings is 4. The second kappa shape index (κ2) is 9.80. The number of aromatic amines is 1. The minimum atomic E-state index is -0.328. The van der Waals surface area contributed by atoms with E-state index in [1.807, 2.05) is 97.1 Å². The summed E-state index contributed by atoms with van der Waals surface area (Å²) < 4.78 is 7.40. The monoisotopic (exact) mass is 523 g/mol. The number of aromatic nitrogens is 6. The van der Waals surface area contributed by atoms with Crippen molar-refractivity contribution < 1.29 is 4.74 Å². The molecule has 0 spiro atoms. The average molecular weight is 524 g/mol. The van der Waals surface area contributed by atoms with E-state index in [9.17, 15) is 4.79 Å². The molecular weight excluding hydrogens is 502 g/mol. The molecule has 0 fully saturated rings. The van der Waals surface area contributed by atoms with E-state index >= 15 is 0 Å². The summed E-state index contributed by atoms with van der Waals surface area (Å²) in [7, 11) is 0. The summed E-state index contributed by atoms with van der Waals surface area (Å²) in [6.45, 7) is 0. The zero-order chi connectivity index (χ0) is 26.9. The van der Waals surface area contributed by atoms with E-state index < -0.39 is 0 Å². The molecule has 0 aliphatic carbocycles. The van der Waals surface area contributed by atoms with Gasteiger partial charge in [-0.1, -0.05) is 72.8 Å². The van der Waals surface area contributed by atoms with Gasteiger partial charge >= 0.3 is 0 Å². The van der Waals surface area contributed by atoms with Gasteiger partial charge < -0.3 is 10.1 Å². The summed E-state index contributed by atoms with van der Waals surface area (Å²) in [5.41, 5.74) is 2.82. The van der Waals surface area contributed by atoms with Crippen molar-refractivity contribution in [2.24, 2.45) is 0 Å². The van der Waals surface area contributed by atoms with E-state index in [0.29, 0.717) is 45.7 Å². The first-order chi connectivity index (χ1) is 19.7. The van der Waals surface area contributed by atoms with E-state index in [1.54, 1.807) is 12.1 Å². The molecule has 0 saturated heterocycles. The minimum Gasteiger partial charge on any atom is -0.455 e. The highest BCUT2D eigenvalue weighted by atomic mass is 16.5. The van der Waals surface area contributed by atoms with Crippen LogP contribution in [-0.4, -0.2) is 29.9 Å². The number of nitrogens with one attached hydrogen (secondary N) is 2. The lowest BCUT2D eigenvalue weighted by Gasteiger charge is -2.12. The quantitative estimate of drug-likeness (QED) is 0.265. The lowest BCUT2D eigenvalue weighted by molar-refractivity contribution is 0.477. The molecule has 40 heavy (non-hydrogen) atoms. The number of anilines is 2. The van der Waals surface area contributed by atoms with Gasteiger partial charge in [-0.2, -0.15) is 14.9 Å². The Bertz CT molecular complexity index is 2040. The van der Waals surface area contributed by atoms with Crippen molar-refractivity contribution in [3.05, 3.63) is 126 Å². The van der Waals surface area contributed by atoms with Crippen molar-refractivity contribution in [3.8, 4) is 28.6 Å². The summed E-state index contributed by atoms with van der Waals surface area (Å²) in [4.78, 5) is 22.7. The van der Waals surface area contributed by atoms with Gasteiger partial charge in [0.05, 0.1) is 11.0 Å². The molecule has 9 heteroatoms. The first kappa shape index (κ1) is 23.3. The molecule has 3 heterocycles. The molecule has 9 nitrogen and oxygen atoms in total. The molecule has 2 N–H and O–H groups in total. The van der Waals surface area contributed by atoms with Crippen molar-refractivity contribution in [1.29, 1.82) is 0 Å². The first-order valence-electron chi connectivity index (χ1n) is 12.6. The van der Waals surface area contributed by atoms with Gasteiger partial charge in [-0.3, -0.25) is 9.89 Å². The van der Waals surface area contributed by atoms with Crippen molar-refractivity contribution in [1.82, 2.24) is 29.9 Å². The number of fused-ring (bicyclic) bond motifs is 2. The fourth-order valence-electron chi connectivity index (χ4n) is 4.48. The average Bonchev–Trinajstić information content (AvgIpc) is 3.39. The molecule has 0 radical (unpaired) electrons. The van der Waals surface area contributed by atoms with Crippen LogP contribution in [0, 0.1) is 0 Å². The zero-order valence-electron chi connectivity index (χ0n) is 21.0. The largest absolute Gasteiger partial charge is 0.455 e. The van der Waals surface area contributed by atoms with Gasteiger partial charge in [0.25, 0.3) is 5.56 Å². The van der Waals surface area contributed by atoms with E-state index in [1.165, 1.54) is 10.7 Å². The standard InChI is InChI=1S/C31H21N7O2/c39-27-19-24-28(37-38(27)25-17-9-10-18-26(25)40-21-13-5-2-6-14-21)31(36-35-24)34-30-22-15-7-8-16-23(22)32-29(33-30)20-11-3-1-4-12-20/h1-19,35H,(H,32,33,34,36). The second-order valence-corrected chi connectivity index (χ2v) is 9.02. The molecule has 4 aromatic carbocycles. The van der Waals surface area contributed by atoms with Crippen molar-refractivity contribution in [2.45, 2.75) is 0 Å². The number of ether oxygens (including phenoxy) is 1. The van der Waals surface area contributed by atoms with Crippen LogP contribution in [0.2, 0.25) is 0 Å². The molecule has 0 saturated carbocycles. The molecule has 7 aromatic rings. The Balaban J connectivity index is 1.33. The maximum Gasteiger partial charge on any atom is 0.273 e. The fourth-order valence-corrected chi connectivity index (χ4v) is 4.48. The molecule has 0 unspecified atom stereocenters. The highest BCUT2D eigenvalue weighted by Gasteiger charge is 2.17. The molecule has 0 aliphatic heterocycles. The van der Waals surface area contributed by atoms with Gasteiger partial charge in [0.15, 0.2) is 22.9 Å². The Hall–Kier alpha value is -5.83. The zero-order valence-corrected chi connectivity index (χ0v) is 21.0. The number of rotatable bonds is 6. The van der Waals surface area contributed by atoms with E-state index in [4.69, 9.17) is 14.7 Å². The smallest absolute Gasteiger partial charge is 0.273 e. The topological polar surface area (TPSA) is 111 Å². The number of hydrogen-bond acceptors (Lipinski definition) is 7. The predicted molar refractivity (Wildman–Crippen MR) is 154 cm³/mol. The highest BCUT2D eigenvalue weighted by molar-refractivity contribution is 5.95. The van der Waals surface area contributed by atoms with Crippen LogP contribution in [0.5, 0.6) is 11.5 Å². The third kappa shape index (κ3) is 4.31. The van der Waals surface area contributed by atoms with Gasteiger partial charge in [-0.15, -0.1) is 0 Å². The van der Waals surface area contributed by atoms with Crippen molar-refractivity contribution in [3.63, 3.8) is 0 Å². The molecule has 0 amide bonds. The third-order valence-electron chi connectivity index (χ3n) is 6.38. The Morgan fingerprint density at radius 2 is 1.48 bits per heavy atom. The Labute approximate surface area is 227 Å². The lowest BCUT2D eigenvalue weighted by Crippen LogP contribution is -2.20. The van der Waals surface area contributed by atoms with Crippen molar-refractivity contribution >= 4 is 33.6 Å². The van der Waals surface area contributed by atoms with E-state index in [-0.39, 0.29) is 5.56 Å². The maximum atomic E-state index is 13.1. The Kier molecular flexibility index (Phi) is 5.71. The number of para-hydroxylation sites is 4. The first-order valence-corrected chi connectivity index (χ1v) is 12.6. The molecule has 0 atom stereocenters. The summed E-state index contributed by atoms with van der Waals surface area (Å²) >= 11 is 0. The predicted octanol–water partition coefficient (Wildman–Crippen LogP) is 6.25. The maximum absolute atomic E-state index is 13.1. The Morgan fingerprint density at radius 1 is 0.750 bits per heavy atom. The van der Waals surface area contributed by atoms with Crippen LogP contribution in [0.1, 0.15) is 0 Å². The second-order valence-electron chi connectivity index (χ2n) is 9.02. The molecule has 3 aromatic heterocycles. The number of H-pyrrole nitrogens is 1. The van der Waals surface area contributed by atoms with Gasteiger partial charge in [0, 0.05) is 17.0 Å². The van der Waals surface area contributed by atoms with Gasteiger partial charge in [-0.05, 0) is 36.4 Å². The van der Waals surface area contributed by atoms with Crippen molar-refractivity contribution in [2.75, 3.05) is 5.32 Å². The van der Waals surface area contributed by atoms with Crippen LogP contribution in [0.3, 0.4) is 0 Å². The fraction of sp³-hybridized carbons (Fsp3) is 0. The van der Waals surface area contributed by atoms with Crippen LogP contribution in [0.4, 0.5) is 11.6 Å². The van der Waals surface area contributed by atoms with Crippen LogP contribution in [0.25, 0.3) is 39.0 Å². The molecular formula is C31H21N7O2. The van der Waals surface area contributed by atoms with Crippen LogP contribution in [-0.2, 0) is 0 Å². The summed E-state index contributed by atoms with van der Waals surface area (Å²) in [5.74, 6) is 2.73. The summed E-state index contributed by atoms with van der Waals surface area (Å²) in [6, 6.07) is 35.7. The van der Waals surface area contributed by atoms with E-state index in [2.05, 4.69) is 20.6 Å². The van der Waals surface area contributed by atoms with Gasteiger partial charge in [-0.25, -0.2) is 9.97 Å². The van der Waals surface area contributed by atoms with Crippen LogP contribution >= 0.6 is 0 Å². The van der Waals surface area contributed by atoms with Crippen LogP contribution in [0.15, 0.2) is 120 Å². The number of hydrogen-bond donors (Lipinski definition) is 2. The lowest BCUT2D eigenvalue weighted by atomic mass is 10.2.